The molecule has 0 aliphatic carbocycles. The van der Waals surface area contributed by atoms with Crippen LogP contribution in [0, 0.1) is 11.3 Å². The van der Waals surface area contributed by atoms with Crippen LogP contribution < -0.4 is 0 Å². The molecule has 0 radical (unpaired) electrons. The van der Waals surface area contributed by atoms with Crippen molar-refractivity contribution in [2.75, 3.05) is 0 Å². The Labute approximate surface area is 64.8 Å². The fraction of sp³-hybridized carbons (Fsp3) is 0.125. The summed E-state index contributed by atoms with van der Waals surface area (Å²) in [6.45, 7) is 0. The van der Waals surface area contributed by atoms with Gasteiger partial charge >= 0.3 is 0 Å². The Hall–Kier alpha value is -1.37. The van der Waals surface area contributed by atoms with E-state index in [1.807, 2.05) is 6.07 Å². The molecule has 3 N–H and O–H groups in total. The molecule has 1 rings (SSSR count). The summed E-state index contributed by atoms with van der Waals surface area (Å²) in [6.07, 6.45) is -0.985. The second-order valence-electron chi connectivity index (χ2n) is 1.94. The highest BCUT2D eigenvalue weighted by Gasteiger charge is 2.01. The number of aliphatic hydroxyl groups excluding tert-OH is 1. The summed E-state index contributed by atoms with van der Waals surface area (Å²) in [5, 5.41) is 17.3. The van der Waals surface area contributed by atoms with Crippen LogP contribution in [0.4, 0.5) is 0 Å². The molecular formula is C8H9NO2. The van der Waals surface area contributed by atoms with Crippen molar-refractivity contribution >= 4 is 0 Å². The van der Waals surface area contributed by atoms with Gasteiger partial charge < -0.3 is 10.6 Å². The first kappa shape index (κ1) is 9.63. The zero-order valence-electron chi connectivity index (χ0n) is 5.86. The molecule has 1 aromatic carbocycles. The fourth-order valence-electron chi connectivity index (χ4n) is 0.710. The zero-order chi connectivity index (χ0) is 7.40. The summed E-state index contributed by atoms with van der Waals surface area (Å²) >= 11 is 0. The molecule has 0 aromatic heterocycles. The largest absolute Gasteiger partial charge is 0.412 e. The average Bonchev–Trinajstić information content (AvgIpc) is 2.05. The first-order valence-electron chi connectivity index (χ1n) is 2.97. The maximum absolute atomic E-state index is 8.97. The molecule has 0 amide bonds. The van der Waals surface area contributed by atoms with Crippen LogP contribution in [0.15, 0.2) is 30.3 Å². The lowest BCUT2D eigenvalue weighted by molar-refractivity contribution is 0.236. The molecule has 0 aliphatic heterocycles. The number of aliphatic hydroxyl groups is 1. The zero-order valence-corrected chi connectivity index (χ0v) is 5.86. The molecule has 0 spiro atoms. The molecule has 11 heavy (non-hydrogen) atoms. The quantitative estimate of drug-likeness (QED) is 0.590. The van der Waals surface area contributed by atoms with Crippen LogP contribution in [0.1, 0.15) is 11.7 Å². The predicted molar refractivity (Wildman–Crippen MR) is 40.6 cm³/mol. The lowest BCUT2D eigenvalue weighted by atomic mass is 10.1. The van der Waals surface area contributed by atoms with E-state index in [2.05, 4.69) is 0 Å². The Kier molecular flexibility index (Phi) is 3.89. The van der Waals surface area contributed by atoms with E-state index in [9.17, 15) is 0 Å². The maximum atomic E-state index is 8.97. The summed E-state index contributed by atoms with van der Waals surface area (Å²) in [5.41, 5.74) is 0.644. The predicted octanol–water partition coefficient (Wildman–Crippen LogP) is 0.419. The molecule has 0 saturated heterocycles. The third kappa shape index (κ3) is 2.38. The Morgan fingerprint density at radius 1 is 1.27 bits per heavy atom. The first-order valence-corrected chi connectivity index (χ1v) is 2.97. The smallest absolute Gasteiger partial charge is 0.165 e. The summed E-state index contributed by atoms with van der Waals surface area (Å²) in [6, 6.07) is 10.6. The van der Waals surface area contributed by atoms with E-state index in [0.29, 0.717) is 5.56 Å². The minimum absolute atomic E-state index is 0. The topological polar surface area (TPSA) is 75.5 Å². The first-order chi connectivity index (χ1) is 4.84. The van der Waals surface area contributed by atoms with Gasteiger partial charge in [-0.05, 0) is 5.56 Å². The van der Waals surface area contributed by atoms with Crippen molar-refractivity contribution in [3.63, 3.8) is 0 Å². The number of nitrogens with zero attached hydrogens (tertiary/aromatic N) is 1. The van der Waals surface area contributed by atoms with Gasteiger partial charge in [-0.15, -0.1) is 0 Å². The number of rotatable bonds is 1. The van der Waals surface area contributed by atoms with E-state index in [0.717, 1.165) is 0 Å². The van der Waals surface area contributed by atoms with Crippen LogP contribution in [-0.2, 0) is 0 Å². The molecule has 1 atom stereocenters. The molecule has 58 valence electrons. The fourth-order valence-corrected chi connectivity index (χ4v) is 0.710. The van der Waals surface area contributed by atoms with E-state index in [1.54, 1.807) is 30.3 Å². The van der Waals surface area contributed by atoms with E-state index >= 15 is 0 Å². The van der Waals surface area contributed by atoms with E-state index in [-0.39, 0.29) is 5.48 Å². The normalized spacial score (nSPS) is 10.9. The second-order valence-corrected chi connectivity index (χ2v) is 1.94. The van der Waals surface area contributed by atoms with Crippen LogP contribution in [-0.4, -0.2) is 10.6 Å². The van der Waals surface area contributed by atoms with E-state index < -0.39 is 6.10 Å². The van der Waals surface area contributed by atoms with Gasteiger partial charge in [-0.3, -0.25) is 0 Å². The van der Waals surface area contributed by atoms with Gasteiger partial charge in [0.25, 0.3) is 0 Å². The van der Waals surface area contributed by atoms with Crippen molar-refractivity contribution in [2.24, 2.45) is 0 Å². The number of nitriles is 1. The Bertz CT molecular complexity index is 240. The Balaban J connectivity index is 0.000001000. The highest BCUT2D eigenvalue weighted by atomic mass is 16.3. The van der Waals surface area contributed by atoms with E-state index in [1.165, 1.54) is 0 Å². The van der Waals surface area contributed by atoms with Crippen LogP contribution in [0.2, 0.25) is 0 Å². The summed E-state index contributed by atoms with van der Waals surface area (Å²) in [5.74, 6) is 0. The standard InChI is InChI=1S/C8H7NO.H2O/c9-6-8(10)7-4-2-1-3-5-7;/h1-5,8,10H;1H2. The van der Waals surface area contributed by atoms with Gasteiger partial charge in [-0.1, -0.05) is 30.3 Å². The Morgan fingerprint density at radius 3 is 2.27 bits per heavy atom. The highest BCUT2D eigenvalue weighted by Crippen LogP contribution is 2.09. The maximum Gasteiger partial charge on any atom is 0.165 e. The molecular weight excluding hydrogens is 142 g/mol. The van der Waals surface area contributed by atoms with Gasteiger partial charge in [0.2, 0.25) is 0 Å². The van der Waals surface area contributed by atoms with Crippen LogP contribution in [0.25, 0.3) is 0 Å². The van der Waals surface area contributed by atoms with Crippen molar-refractivity contribution in [2.45, 2.75) is 6.10 Å². The molecule has 0 bridgehead atoms. The van der Waals surface area contributed by atoms with Crippen molar-refractivity contribution in [3.8, 4) is 6.07 Å². The summed E-state index contributed by atoms with van der Waals surface area (Å²) in [7, 11) is 0. The third-order valence-corrected chi connectivity index (χ3v) is 1.24. The molecule has 0 saturated carbocycles. The van der Waals surface area contributed by atoms with Crippen molar-refractivity contribution in [3.05, 3.63) is 35.9 Å². The van der Waals surface area contributed by atoms with E-state index in [4.69, 9.17) is 10.4 Å². The van der Waals surface area contributed by atoms with Crippen molar-refractivity contribution < 1.29 is 10.6 Å². The van der Waals surface area contributed by atoms with Gasteiger partial charge in [0.05, 0.1) is 6.07 Å². The SMILES string of the molecule is N#CC(O)c1ccccc1.O. The van der Waals surface area contributed by atoms with Gasteiger partial charge in [-0.25, -0.2) is 0 Å². The lowest BCUT2D eigenvalue weighted by Crippen LogP contribution is -1.90. The van der Waals surface area contributed by atoms with Crippen LogP contribution in [0.3, 0.4) is 0 Å². The molecule has 1 aromatic rings. The minimum Gasteiger partial charge on any atom is -0.412 e. The second kappa shape index (κ2) is 4.45. The number of hydrogen-bond acceptors (Lipinski definition) is 2. The van der Waals surface area contributed by atoms with Gasteiger partial charge in [-0.2, -0.15) is 5.26 Å². The monoisotopic (exact) mass is 151 g/mol. The lowest BCUT2D eigenvalue weighted by Gasteiger charge is -1.98. The average molecular weight is 151 g/mol. The molecule has 1 unspecified atom stereocenters. The van der Waals surface area contributed by atoms with Crippen LogP contribution in [0.5, 0.6) is 0 Å². The Morgan fingerprint density at radius 2 is 1.82 bits per heavy atom. The summed E-state index contributed by atoms with van der Waals surface area (Å²) < 4.78 is 0. The van der Waals surface area contributed by atoms with Gasteiger partial charge in [0.15, 0.2) is 6.10 Å². The van der Waals surface area contributed by atoms with Crippen molar-refractivity contribution in [1.82, 2.24) is 0 Å². The summed E-state index contributed by atoms with van der Waals surface area (Å²) in [4.78, 5) is 0. The van der Waals surface area contributed by atoms with Crippen LogP contribution >= 0.6 is 0 Å². The molecule has 0 heterocycles. The molecule has 3 heteroatoms. The third-order valence-electron chi connectivity index (χ3n) is 1.24. The van der Waals surface area contributed by atoms with Gasteiger partial charge in [0.1, 0.15) is 0 Å². The minimum atomic E-state index is -0.985. The molecule has 0 aliphatic rings. The highest BCUT2D eigenvalue weighted by molar-refractivity contribution is 5.21. The number of hydrogen-bond donors (Lipinski definition) is 1. The molecule has 0 fully saturated rings. The number of benzene rings is 1. The van der Waals surface area contributed by atoms with Crippen molar-refractivity contribution in [1.29, 1.82) is 5.26 Å². The molecule has 3 nitrogen and oxygen atoms in total. The van der Waals surface area contributed by atoms with Gasteiger partial charge in [0, 0.05) is 0 Å².